The van der Waals surface area contributed by atoms with Gasteiger partial charge in [-0.05, 0) is 93.4 Å². The number of imide groups is 1. The number of rotatable bonds is 14. The van der Waals surface area contributed by atoms with Crippen molar-refractivity contribution in [2.45, 2.75) is 71.7 Å². The molecule has 9 rings (SSSR count). The van der Waals surface area contributed by atoms with E-state index in [1.807, 2.05) is 55.8 Å². The number of carbonyl (C=O) groups is 5. The molecule has 17 heteroatoms. The van der Waals surface area contributed by atoms with E-state index in [-0.39, 0.29) is 48.6 Å². The second-order valence-electron chi connectivity index (χ2n) is 17.5. The van der Waals surface area contributed by atoms with Crippen LogP contribution in [-0.4, -0.2) is 115 Å². The minimum atomic E-state index is -1.06. The van der Waals surface area contributed by atoms with Crippen LogP contribution >= 0.6 is 11.6 Å². The van der Waals surface area contributed by atoms with E-state index in [4.69, 9.17) is 21.1 Å². The van der Waals surface area contributed by atoms with Gasteiger partial charge < -0.3 is 28.9 Å². The number of halogens is 2. The number of aromatic carboxylic acids is 1. The molecule has 0 radical (unpaired) electrons. The lowest BCUT2D eigenvalue weighted by Gasteiger charge is -2.36. The van der Waals surface area contributed by atoms with Gasteiger partial charge in [-0.25, -0.2) is 9.18 Å². The first kappa shape index (κ1) is 45.4. The van der Waals surface area contributed by atoms with Crippen molar-refractivity contribution in [1.82, 2.24) is 34.4 Å². The Balaban J connectivity index is 0.906. The zero-order chi connectivity index (χ0) is 47.3. The molecule has 3 aliphatic heterocycles. The monoisotopic (exact) mass is 931 g/mol. The second-order valence-corrected chi connectivity index (χ2v) is 17.9. The first-order chi connectivity index (χ1) is 32.2. The number of hydrogen-bond acceptors (Lipinski definition) is 9. The van der Waals surface area contributed by atoms with E-state index in [0.717, 1.165) is 38.7 Å². The highest BCUT2D eigenvalue weighted by Gasteiger charge is 2.41. The molecule has 5 heterocycles. The van der Waals surface area contributed by atoms with Gasteiger partial charge in [0.1, 0.15) is 29.1 Å². The lowest BCUT2D eigenvalue weighted by Crippen LogP contribution is -2.52. The highest BCUT2D eigenvalue weighted by atomic mass is 35.5. The largest absolute Gasteiger partial charge is 0.493 e. The Morgan fingerprint density at radius 1 is 0.955 bits per heavy atom. The van der Waals surface area contributed by atoms with Crippen LogP contribution in [0.15, 0.2) is 66.7 Å². The van der Waals surface area contributed by atoms with E-state index in [2.05, 4.69) is 15.3 Å². The van der Waals surface area contributed by atoms with Crippen LogP contribution < -0.4 is 14.8 Å². The number of carboxylic acid groups (broad SMARTS) is 1. The van der Waals surface area contributed by atoms with Crippen LogP contribution in [0.3, 0.4) is 0 Å². The van der Waals surface area contributed by atoms with E-state index in [9.17, 15) is 33.5 Å². The minimum absolute atomic E-state index is 0.123. The van der Waals surface area contributed by atoms with E-state index in [1.165, 1.54) is 17.0 Å². The molecule has 67 heavy (non-hydrogen) atoms. The molecule has 15 nitrogen and oxygen atoms in total. The van der Waals surface area contributed by atoms with Crippen molar-refractivity contribution < 1.29 is 42.9 Å². The Bertz CT molecular complexity index is 2990. The van der Waals surface area contributed by atoms with Gasteiger partial charge in [0.05, 0.1) is 29.4 Å². The summed E-state index contributed by atoms with van der Waals surface area (Å²) in [5.41, 5.74) is 5.77. The van der Waals surface area contributed by atoms with Gasteiger partial charge in [-0.3, -0.25) is 34.1 Å². The van der Waals surface area contributed by atoms with E-state index < -0.39 is 24.0 Å². The Hall–Kier alpha value is -6.78. The number of piperidine rings is 1. The first-order valence-electron chi connectivity index (χ1n) is 22.5. The number of carboxylic acids is 1. The maximum absolute atomic E-state index is 14.0. The maximum Gasteiger partial charge on any atom is 0.352 e. The van der Waals surface area contributed by atoms with Gasteiger partial charge in [0.2, 0.25) is 11.8 Å². The molecular weight excluding hydrogens is 881 g/mol. The molecule has 2 saturated heterocycles. The number of fused-ring (bicyclic) bond motifs is 3. The molecule has 0 aliphatic carbocycles. The van der Waals surface area contributed by atoms with Crippen LogP contribution in [0.25, 0.3) is 32.8 Å². The van der Waals surface area contributed by atoms with E-state index in [1.54, 1.807) is 40.8 Å². The van der Waals surface area contributed by atoms with Gasteiger partial charge in [0.25, 0.3) is 11.8 Å². The standard InChI is InChI=1S/C50H51ClFN7O8/c1-28-43(29(2)55(4)54-28)44-38(51)16-15-35-34(10-7-25-66-40-11-5-8-31-26-32(52)13-14-33(31)40)46(50(64)65)58(45(35)44)24-21-56-19-22-57(23-20-56)48(62)30(3)67-41-12-6-9-36-37(41)27-59(49(36)63)39-17-18-42(60)53-47(39)61/h5-6,8-9,11-16,26,30,39H,7,10,17-25,27H2,1-4H3,(H,64,65)(H,53,60,61). The summed E-state index contributed by atoms with van der Waals surface area (Å²) in [6.07, 6.45) is 0.415. The number of carbonyl (C=O) groups excluding carboxylic acids is 4. The highest BCUT2D eigenvalue weighted by Crippen LogP contribution is 2.42. The summed E-state index contributed by atoms with van der Waals surface area (Å²) in [6.45, 7) is 8.71. The van der Waals surface area contributed by atoms with Gasteiger partial charge in [-0.15, -0.1) is 0 Å². The number of hydrogen-bond donors (Lipinski definition) is 2. The van der Waals surface area contributed by atoms with Gasteiger partial charge in [-0.2, -0.15) is 5.10 Å². The molecule has 2 atom stereocenters. The summed E-state index contributed by atoms with van der Waals surface area (Å²) in [7, 11) is 1.87. The van der Waals surface area contributed by atoms with Crippen molar-refractivity contribution in [3.05, 3.63) is 111 Å². The van der Waals surface area contributed by atoms with Crippen molar-refractivity contribution >= 4 is 62.9 Å². The van der Waals surface area contributed by atoms with Gasteiger partial charge in [-0.1, -0.05) is 35.9 Å². The number of ether oxygens (including phenoxy) is 2. The number of piperazine rings is 1. The Labute approximate surface area is 390 Å². The van der Waals surface area contributed by atoms with Crippen molar-refractivity contribution in [1.29, 1.82) is 0 Å². The molecule has 0 saturated carbocycles. The molecule has 4 aromatic carbocycles. The summed E-state index contributed by atoms with van der Waals surface area (Å²) in [5.74, 6) is -1.79. The molecule has 348 valence electrons. The van der Waals surface area contributed by atoms with Crippen molar-refractivity contribution in [2.24, 2.45) is 7.05 Å². The molecule has 0 bridgehead atoms. The fourth-order valence-electron chi connectivity index (χ4n) is 9.97. The number of aromatic nitrogens is 3. The summed E-state index contributed by atoms with van der Waals surface area (Å²) in [6, 6.07) is 18.1. The summed E-state index contributed by atoms with van der Waals surface area (Å²) >= 11 is 7.07. The molecule has 6 aromatic rings. The zero-order valence-electron chi connectivity index (χ0n) is 37.7. The molecule has 2 N–H and O–H groups in total. The van der Waals surface area contributed by atoms with Crippen LogP contribution in [0.4, 0.5) is 4.39 Å². The van der Waals surface area contributed by atoms with Crippen molar-refractivity contribution in [2.75, 3.05) is 39.3 Å². The molecule has 2 unspecified atom stereocenters. The highest BCUT2D eigenvalue weighted by molar-refractivity contribution is 6.35. The second kappa shape index (κ2) is 18.5. The smallest absolute Gasteiger partial charge is 0.352 e. The fourth-order valence-corrected chi connectivity index (χ4v) is 10.2. The Morgan fingerprint density at radius 2 is 1.70 bits per heavy atom. The lowest BCUT2D eigenvalue weighted by atomic mass is 9.98. The van der Waals surface area contributed by atoms with Crippen LogP contribution in [0, 0.1) is 19.7 Å². The third kappa shape index (κ3) is 8.59. The number of nitrogens with zero attached hydrogens (tertiary/aromatic N) is 6. The molecule has 3 aliphatic rings. The van der Waals surface area contributed by atoms with Gasteiger partial charge in [0.15, 0.2) is 6.10 Å². The number of aryl methyl sites for hydroxylation is 3. The number of nitrogens with one attached hydrogen (secondary N) is 1. The number of benzene rings is 4. The number of amides is 4. The zero-order valence-corrected chi connectivity index (χ0v) is 38.5. The Morgan fingerprint density at radius 3 is 2.43 bits per heavy atom. The SMILES string of the molecule is Cc1nn(C)c(C)c1-c1c(Cl)ccc2c(CCCOc3cccc4cc(F)ccc34)c(C(=O)O)n(CCN3CCN(C(=O)C(C)Oc4cccc5c4CN(C4CCC(=O)NC4=O)C5=O)CC3)c12. The van der Waals surface area contributed by atoms with Crippen LogP contribution in [0.2, 0.25) is 5.02 Å². The van der Waals surface area contributed by atoms with Gasteiger partial charge >= 0.3 is 5.97 Å². The predicted molar refractivity (Wildman–Crippen MR) is 249 cm³/mol. The summed E-state index contributed by atoms with van der Waals surface area (Å²) in [5, 5.41) is 20.7. The molecule has 0 spiro atoms. The van der Waals surface area contributed by atoms with Gasteiger partial charge in [0, 0.05) is 91.5 Å². The van der Waals surface area contributed by atoms with E-state index >= 15 is 0 Å². The predicted octanol–water partition coefficient (Wildman–Crippen LogP) is 6.69. The molecular formula is C50H51ClFN7O8. The topological polar surface area (TPSA) is 169 Å². The third-order valence-corrected chi connectivity index (χ3v) is 13.7. The normalized spacial score (nSPS) is 17.0. The van der Waals surface area contributed by atoms with Crippen molar-refractivity contribution in [3.63, 3.8) is 0 Å². The molecule has 2 aromatic heterocycles. The summed E-state index contributed by atoms with van der Waals surface area (Å²) in [4.78, 5) is 70.4. The molecule has 2 fully saturated rings. The Kier molecular flexibility index (Phi) is 12.5. The first-order valence-corrected chi connectivity index (χ1v) is 22.9. The maximum atomic E-state index is 14.0. The van der Waals surface area contributed by atoms with Crippen LogP contribution in [-0.2, 0) is 40.9 Å². The van der Waals surface area contributed by atoms with Crippen molar-refractivity contribution in [3.8, 4) is 22.6 Å². The van der Waals surface area contributed by atoms with Crippen LogP contribution in [0.5, 0.6) is 11.5 Å². The van der Waals surface area contributed by atoms with Crippen LogP contribution in [0.1, 0.15) is 69.5 Å². The average Bonchev–Trinajstić information content (AvgIpc) is 3.90. The lowest BCUT2D eigenvalue weighted by molar-refractivity contribution is -0.140. The average molecular weight is 932 g/mol. The summed E-state index contributed by atoms with van der Waals surface area (Å²) < 4.78 is 30.1. The van der Waals surface area contributed by atoms with E-state index in [0.29, 0.717) is 97.4 Å². The molecule has 4 amide bonds. The minimum Gasteiger partial charge on any atom is -0.493 e. The third-order valence-electron chi connectivity index (χ3n) is 13.4. The quantitative estimate of drug-likeness (QED) is 0.0888. The fraction of sp³-hybridized carbons (Fsp3) is 0.360.